The second-order valence-corrected chi connectivity index (χ2v) is 4.23. The number of carboxylic acid groups (broad SMARTS) is 1. The number of amides is 1. The number of hydrogen-bond donors (Lipinski definition) is 2. The van der Waals surface area contributed by atoms with Crippen LogP contribution < -0.4 is 5.32 Å². The highest BCUT2D eigenvalue weighted by Crippen LogP contribution is 2.28. The van der Waals surface area contributed by atoms with Crippen molar-refractivity contribution in [2.45, 2.75) is 38.3 Å². The van der Waals surface area contributed by atoms with E-state index >= 15 is 0 Å². The number of aromatic nitrogens is 2. The largest absolute Gasteiger partial charge is 0.480 e. The van der Waals surface area contributed by atoms with Gasteiger partial charge in [-0.25, -0.2) is 4.79 Å². The Balaban J connectivity index is 2.19. The molecule has 0 aliphatic carbocycles. The number of hydrogen-bond acceptors (Lipinski definition) is 3. The monoisotopic (exact) mass is 237 g/mol. The molecule has 2 atom stereocenters. The maximum absolute atomic E-state index is 11.3. The van der Waals surface area contributed by atoms with Gasteiger partial charge in [-0.1, -0.05) is 6.92 Å². The lowest BCUT2D eigenvalue weighted by molar-refractivity contribution is -0.140. The van der Waals surface area contributed by atoms with E-state index in [1.165, 1.54) is 0 Å². The Morgan fingerprint density at radius 1 is 1.71 bits per heavy atom. The Kier molecular flexibility index (Phi) is 3.12. The van der Waals surface area contributed by atoms with E-state index in [-0.39, 0.29) is 18.2 Å². The fraction of sp³-hybridized carbons (Fsp3) is 0.545. The normalized spacial score (nSPS) is 23.7. The number of carboxylic acids is 1. The van der Waals surface area contributed by atoms with Gasteiger partial charge in [0.25, 0.3) is 0 Å². The molecule has 1 saturated heterocycles. The van der Waals surface area contributed by atoms with Crippen LogP contribution in [-0.2, 0) is 16.1 Å². The van der Waals surface area contributed by atoms with Crippen LogP contribution in [0.2, 0.25) is 0 Å². The molecule has 1 aliphatic rings. The van der Waals surface area contributed by atoms with Gasteiger partial charge in [0.05, 0.1) is 6.20 Å². The van der Waals surface area contributed by atoms with Gasteiger partial charge in [0, 0.05) is 25.1 Å². The van der Waals surface area contributed by atoms with Crippen molar-refractivity contribution in [1.82, 2.24) is 15.1 Å². The summed E-state index contributed by atoms with van der Waals surface area (Å²) in [4.78, 5) is 22.3. The molecule has 1 aromatic rings. The Bertz CT molecular complexity index is 441. The van der Waals surface area contributed by atoms with Crippen molar-refractivity contribution >= 4 is 11.9 Å². The summed E-state index contributed by atoms with van der Waals surface area (Å²) in [6.45, 7) is 2.84. The van der Waals surface area contributed by atoms with Crippen LogP contribution in [-0.4, -0.2) is 32.8 Å². The first-order valence-electron chi connectivity index (χ1n) is 5.66. The number of aliphatic carboxylic acids is 1. The van der Waals surface area contributed by atoms with E-state index in [1.807, 2.05) is 13.1 Å². The summed E-state index contributed by atoms with van der Waals surface area (Å²) < 4.78 is 1.77. The maximum Gasteiger partial charge on any atom is 0.326 e. The van der Waals surface area contributed by atoms with Crippen molar-refractivity contribution in [3.05, 3.63) is 18.0 Å². The highest BCUT2D eigenvalue weighted by molar-refractivity contribution is 5.89. The molecule has 1 amide bonds. The average molecular weight is 237 g/mol. The van der Waals surface area contributed by atoms with Crippen molar-refractivity contribution < 1.29 is 14.7 Å². The number of rotatable bonds is 4. The van der Waals surface area contributed by atoms with E-state index < -0.39 is 12.0 Å². The molecule has 17 heavy (non-hydrogen) atoms. The standard InChI is InChI=1S/C11H15N3O3/c1-2-3-14-6-7(5-12-14)8-4-9(15)13-10(8)11(16)17/h5-6,8,10H,2-4H2,1H3,(H,13,15)(H,16,17). The molecular formula is C11H15N3O3. The van der Waals surface area contributed by atoms with Gasteiger partial charge >= 0.3 is 5.97 Å². The molecular weight excluding hydrogens is 222 g/mol. The lowest BCUT2D eigenvalue weighted by Gasteiger charge is -2.12. The molecule has 2 heterocycles. The van der Waals surface area contributed by atoms with Gasteiger partial charge in [0.15, 0.2) is 0 Å². The molecule has 0 saturated carbocycles. The van der Waals surface area contributed by atoms with E-state index in [9.17, 15) is 9.59 Å². The molecule has 0 radical (unpaired) electrons. The third-order valence-corrected chi connectivity index (χ3v) is 2.92. The maximum atomic E-state index is 11.3. The van der Waals surface area contributed by atoms with E-state index in [0.717, 1.165) is 18.5 Å². The van der Waals surface area contributed by atoms with Crippen LogP contribution in [0.4, 0.5) is 0 Å². The number of carbonyl (C=O) groups excluding carboxylic acids is 1. The lowest BCUT2D eigenvalue weighted by atomic mass is 9.94. The van der Waals surface area contributed by atoms with E-state index in [0.29, 0.717) is 0 Å². The predicted octanol–water partition coefficient (Wildman–Crippen LogP) is 0.350. The molecule has 2 rings (SSSR count). The number of nitrogens with zero attached hydrogens (tertiary/aromatic N) is 2. The summed E-state index contributed by atoms with van der Waals surface area (Å²) in [6.07, 6.45) is 4.65. The van der Waals surface area contributed by atoms with Crippen molar-refractivity contribution in [2.75, 3.05) is 0 Å². The van der Waals surface area contributed by atoms with E-state index in [1.54, 1.807) is 10.9 Å². The van der Waals surface area contributed by atoms with Gasteiger partial charge in [0.1, 0.15) is 6.04 Å². The summed E-state index contributed by atoms with van der Waals surface area (Å²) >= 11 is 0. The highest BCUT2D eigenvalue weighted by atomic mass is 16.4. The van der Waals surface area contributed by atoms with Crippen molar-refractivity contribution in [3.8, 4) is 0 Å². The Hall–Kier alpha value is -1.85. The van der Waals surface area contributed by atoms with Gasteiger partial charge in [-0.2, -0.15) is 5.10 Å². The number of aryl methyl sites for hydroxylation is 1. The van der Waals surface area contributed by atoms with Crippen molar-refractivity contribution in [2.24, 2.45) is 0 Å². The molecule has 6 nitrogen and oxygen atoms in total. The molecule has 6 heteroatoms. The summed E-state index contributed by atoms with van der Waals surface area (Å²) in [5.74, 6) is -1.53. The predicted molar refractivity (Wildman–Crippen MR) is 59.4 cm³/mol. The second kappa shape index (κ2) is 4.57. The zero-order valence-electron chi connectivity index (χ0n) is 9.59. The molecule has 2 unspecified atom stereocenters. The van der Waals surface area contributed by atoms with Crippen LogP contribution in [0, 0.1) is 0 Å². The molecule has 92 valence electrons. The van der Waals surface area contributed by atoms with Crippen LogP contribution in [0.1, 0.15) is 31.2 Å². The summed E-state index contributed by atoms with van der Waals surface area (Å²) in [7, 11) is 0. The minimum absolute atomic E-state index is 0.217. The molecule has 1 aliphatic heterocycles. The van der Waals surface area contributed by atoms with Gasteiger partial charge in [-0.15, -0.1) is 0 Å². The van der Waals surface area contributed by atoms with Crippen LogP contribution in [0.15, 0.2) is 12.4 Å². The SMILES string of the molecule is CCCn1cc(C2CC(=O)NC2C(=O)O)cn1. The topological polar surface area (TPSA) is 84.2 Å². The average Bonchev–Trinajstić information content (AvgIpc) is 2.85. The first-order valence-corrected chi connectivity index (χ1v) is 5.66. The Morgan fingerprint density at radius 3 is 3.12 bits per heavy atom. The second-order valence-electron chi connectivity index (χ2n) is 4.23. The molecule has 1 aromatic heterocycles. The summed E-state index contributed by atoms with van der Waals surface area (Å²) in [6, 6.07) is -0.832. The molecule has 0 bridgehead atoms. The summed E-state index contributed by atoms with van der Waals surface area (Å²) in [5, 5.41) is 15.7. The molecule has 0 aromatic carbocycles. The lowest BCUT2D eigenvalue weighted by Crippen LogP contribution is -2.35. The van der Waals surface area contributed by atoms with Crippen molar-refractivity contribution in [3.63, 3.8) is 0 Å². The minimum atomic E-state index is -0.996. The summed E-state index contributed by atoms with van der Waals surface area (Å²) in [5.41, 5.74) is 0.809. The van der Waals surface area contributed by atoms with Gasteiger partial charge in [-0.05, 0) is 12.0 Å². The van der Waals surface area contributed by atoms with Crippen LogP contribution >= 0.6 is 0 Å². The Labute approximate surface area is 98.6 Å². The number of carbonyl (C=O) groups is 2. The molecule has 0 spiro atoms. The number of nitrogens with one attached hydrogen (secondary N) is 1. The first-order chi connectivity index (χ1) is 8.11. The smallest absolute Gasteiger partial charge is 0.326 e. The fourth-order valence-corrected chi connectivity index (χ4v) is 2.12. The van der Waals surface area contributed by atoms with E-state index in [4.69, 9.17) is 5.11 Å². The van der Waals surface area contributed by atoms with Gasteiger partial charge in [-0.3, -0.25) is 9.48 Å². The van der Waals surface area contributed by atoms with Gasteiger partial charge in [0.2, 0.25) is 5.91 Å². The quantitative estimate of drug-likeness (QED) is 0.791. The van der Waals surface area contributed by atoms with Crippen LogP contribution in [0.3, 0.4) is 0 Å². The third-order valence-electron chi connectivity index (χ3n) is 2.92. The first kappa shape index (κ1) is 11.6. The zero-order valence-corrected chi connectivity index (χ0v) is 9.59. The van der Waals surface area contributed by atoms with Crippen LogP contribution in [0.5, 0.6) is 0 Å². The van der Waals surface area contributed by atoms with E-state index in [2.05, 4.69) is 10.4 Å². The molecule has 2 N–H and O–H groups in total. The molecule has 1 fully saturated rings. The van der Waals surface area contributed by atoms with Gasteiger partial charge < -0.3 is 10.4 Å². The fourth-order valence-electron chi connectivity index (χ4n) is 2.12. The minimum Gasteiger partial charge on any atom is -0.480 e. The van der Waals surface area contributed by atoms with Crippen molar-refractivity contribution in [1.29, 1.82) is 0 Å². The van der Waals surface area contributed by atoms with Crippen LogP contribution in [0.25, 0.3) is 0 Å². The Morgan fingerprint density at radius 2 is 2.47 bits per heavy atom. The zero-order chi connectivity index (χ0) is 12.4. The third kappa shape index (κ3) is 2.30. The highest BCUT2D eigenvalue weighted by Gasteiger charge is 2.38.